The predicted molar refractivity (Wildman–Crippen MR) is 11.5 cm³/mol. The second kappa shape index (κ2) is 15.7. The van der Waals surface area contributed by atoms with Gasteiger partial charge in [0.2, 0.25) is 0 Å². The van der Waals surface area contributed by atoms with E-state index in [1.165, 1.54) is 0 Å². The summed E-state index contributed by atoms with van der Waals surface area (Å²) >= 11 is -36.4. The zero-order chi connectivity index (χ0) is 23.1. The Kier molecular flexibility index (Phi) is 22.7. The Labute approximate surface area is 228 Å². The van der Waals surface area contributed by atoms with E-state index in [4.69, 9.17) is 0 Å². The average Bonchev–Trinajstić information content (AvgIpc) is 1.96. The third-order valence-electron chi connectivity index (χ3n) is 0.500. The fourth-order valence-corrected chi connectivity index (χ4v) is 5.21. The minimum atomic E-state index is -6.07. The molecule has 0 aliphatic carbocycles. The minimum absolute atomic E-state index is 0. The van der Waals surface area contributed by atoms with Crippen LogP contribution in [0.25, 0.3) is 0 Å². The Morgan fingerprint density at radius 3 is 0.379 bits per heavy atom. The number of rotatable bonds is 6. The van der Waals surface area contributed by atoms with Gasteiger partial charge in [-0.1, -0.05) is 0 Å². The summed E-state index contributed by atoms with van der Waals surface area (Å²) in [6, 6.07) is 0. The van der Waals surface area contributed by atoms with Gasteiger partial charge in [-0.25, -0.2) is 0 Å². The summed E-state index contributed by atoms with van der Waals surface area (Å²) in [4.78, 5) is 0. The van der Waals surface area contributed by atoms with E-state index in [0.29, 0.717) is 0 Å². The maximum absolute atomic E-state index is 9.38. The van der Waals surface area contributed by atoms with Crippen LogP contribution < -0.4 is 24.9 Å². The van der Waals surface area contributed by atoms with Crippen molar-refractivity contribution in [1.82, 2.24) is 0 Å². The topological polar surface area (TPSA) is 371 Å². The molecule has 0 saturated carbocycles. The van der Waals surface area contributed by atoms with E-state index in [2.05, 4.69) is 8.52 Å². The standard InChI is InChI=1S/6Cr.2La.21O/q;;;;;;2*+3;;;;;;;;;;;;;;;;6*-1. The summed E-state index contributed by atoms with van der Waals surface area (Å²) in [6.45, 7) is 0. The van der Waals surface area contributed by atoms with Crippen molar-refractivity contribution in [1.29, 1.82) is 0 Å². The molecule has 168 valence electrons. The molecular weight excluding hydrogens is 926 g/mol. The Bertz CT molecular complexity index is 854. The van der Waals surface area contributed by atoms with Crippen LogP contribution in [-0.4, -0.2) is 0 Å². The Hall–Kier alpha value is 2.82. The van der Waals surface area contributed by atoms with Gasteiger partial charge in [-0.3, -0.25) is 0 Å². The normalized spacial score (nSPS) is 12.6. The zero-order valence-corrected chi connectivity index (χ0v) is 27.1. The third kappa shape index (κ3) is 59.1. The summed E-state index contributed by atoms with van der Waals surface area (Å²) in [5.41, 5.74) is 0. The van der Waals surface area contributed by atoms with Crippen LogP contribution in [0.2, 0.25) is 0 Å². The van der Waals surface area contributed by atoms with E-state index in [9.17, 15) is 70.6 Å². The van der Waals surface area contributed by atoms with Gasteiger partial charge in [0, 0.05) is 0 Å². The molecule has 0 aromatic rings. The summed E-state index contributed by atoms with van der Waals surface area (Å²) in [7, 11) is 0. The van der Waals surface area contributed by atoms with Gasteiger partial charge in [0.25, 0.3) is 0 Å². The first-order valence-electron chi connectivity index (χ1n) is 4.00. The van der Waals surface area contributed by atoms with Crippen LogP contribution in [0, 0.1) is 71.2 Å². The molecule has 0 saturated heterocycles. The van der Waals surface area contributed by atoms with Crippen molar-refractivity contribution in [2.75, 3.05) is 0 Å². The summed E-state index contributed by atoms with van der Waals surface area (Å²) in [6.07, 6.45) is 0. The van der Waals surface area contributed by atoms with Gasteiger partial charge in [0.15, 0.2) is 0 Å². The molecule has 0 aliphatic rings. The Balaban J connectivity index is -0.0000000960. The first kappa shape index (κ1) is 42.0. The third-order valence-corrected chi connectivity index (χ3v) is 8.50. The van der Waals surface area contributed by atoms with Crippen LogP contribution in [-0.2, 0) is 136 Å². The van der Waals surface area contributed by atoms with Gasteiger partial charge in [-0.2, -0.15) is 0 Å². The predicted octanol–water partition coefficient (Wildman–Crippen LogP) is -8.78. The van der Waals surface area contributed by atoms with E-state index < -0.39 is 81.7 Å². The second-order valence-corrected chi connectivity index (χ2v) is 13.6. The van der Waals surface area contributed by atoms with Gasteiger partial charge >= 0.3 is 232 Å². The first-order valence-corrected chi connectivity index (χ1v) is 16.5. The Morgan fingerprint density at radius 2 is 0.379 bits per heavy atom. The molecule has 0 bridgehead atoms. The second-order valence-electron chi connectivity index (χ2n) is 2.65. The fraction of sp³-hybridized carbons (Fsp3) is 0. The van der Waals surface area contributed by atoms with Crippen molar-refractivity contribution in [3.63, 3.8) is 0 Å². The van der Waals surface area contributed by atoms with Gasteiger partial charge in [-0.05, 0) is 0 Å². The molecule has 0 spiro atoms. The van der Waals surface area contributed by atoms with Crippen LogP contribution >= 0.6 is 0 Å². The van der Waals surface area contributed by atoms with E-state index in [0.717, 1.165) is 0 Å². The van der Waals surface area contributed by atoms with Crippen molar-refractivity contribution < 1.29 is 232 Å². The summed E-state index contributed by atoms with van der Waals surface area (Å²) in [5, 5.41) is 0. The van der Waals surface area contributed by atoms with E-state index in [-0.39, 0.29) is 71.2 Å². The number of hydrogen-bond donors (Lipinski definition) is 0. The van der Waals surface area contributed by atoms with Crippen LogP contribution in [0.1, 0.15) is 0 Å². The average molecular weight is 926 g/mol. The van der Waals surface area contributed by atoms with Crippen LogP contribution in [0.15, 0.2) is 0 Å². The van der Waals surface area contributed by atoms with Crippen molar-refractivity contribution in [3.8, 4) is 0 Å². The summed E-state index contributed by atoms with van der Waals surface area (Å²) in [5.74, 6) is 0. The molecule has 0 atom stereocenters. The molecule has 0 fully saturated rings. The molecule has 0 unspecified atom stereocenters. The fourth-order valence-electron chi connectivity index (χ4n) is 0.306. The molecule has 0 aromatic heterocycles. The van der Waals surface area contributed by atoms with Gasteiger partial charge in [0.1, 0.15) is 0 Å². The molecule has 0 amide bonds. The number of hydrogen-bond acceptors (Lipinski definition) is 21. The SMILES string of the molecule is [La+3].[La+3].[O]=[Cr](=[O])([O-])[O][Cr](=[O])(=[O])[O-].[O]=[Cr](=[O])([O-])[O][Cr](=[O])(=[O])[O-].[O]=[Cr](=[O])([O-])[O][Cr](=[O])(=[O])[O-]. The van der Waals surface area contributed by atoms with Crippen LogP contribution in [0.3, 0.4) is 0 Å². The van der Waals surface area contributed by atoms with E-state index in [1.54, 1.807) is 0 Å². The molecule has 0 heterocycles. The van der Waals surface area contributed by atoms with Crippen molar-refractivity contribution in [2.45, 2.75) is 0 Å². The molecule has 0 aromatic carbocycles. The molecule has 29 heteroatoms. The molecule has 29 heavy (non-hydrogen) atoms. The van der Waals surface area contributed by atoms with Gasteiger partial charge in [-0.15, -0.1) is 0 Å². The van der Waals surface area contributed by atoms with Crippen molar-refractivity contribution >= 4 is 0 Å². The Morgan fingerprint density at radius 1 is 0.310 bits per heavy atom. The van der Waals surface area contributed by atoms with Gasteiger partial charge in [0.05, 0.1) is 0 Å². The zero-order valence-electron chi connectivity index (χ0n) is 12.2. The quantitative estimate of drug-likeness (QED) is 0.239. The maximum atomic E-state index is 9.38. The van der Waals surface area contributed by atoms with E-state index >= 15 is 0 Å². The van der Waals surface area contributed by atoms with Crippen molar-refractivity contribution in [2.24, 2.45) is 0 Å². The van der Waals surface area contributed by atoms with Crippen LogP contribution in [0.5, 0.6) is 0 Å². The molecule has 0 N–H and O–H groups in total. The first-order chi connectivity index (χ1) is 11.1. The van der Waals surface area contributed by atoms with Crippen LogP contribution in [0.4, 0.5) is 0 Å². The van der Waals surface area contributed by atoms with Crippen molar-refractivity contribution in [3.05, 3.63) is 0 Å². The molecule has 0 radical (unpaired) electrons. The summed E-state index contributed by atoms with van der Waals surface area (Å²) < 4.78 is 177. The molecule has 0 aliphatic heterocycles. The molecule has 21 nitrogen and oxygen atoms in total. The monoisotopic (exact) mass is 925 g/mol. The van der Waals surface area contributed by atoms with E-state index in [1.807, 2.05) is 0 Å². The molecule has 0 rings (SSSR count). The molecular formula is Cr6La2O21. The van der Waals surface area contributed by atoms with Gasteiger partial charge < -0.3 is 0 Å².